The number of nitrogens with one attached hydrogen (secondary N) is 1. The van der Waals surface area contributed by atoms with Crippen molar-refractivity contribution in [3.8, 4) is 5.75 Å². The minimum absolute atomic E-state index is 0.0183. The molecule has 0 atom stereocenters. The van der Waals surface area contributed by atoms with E-state index in [2.05, 4.69) is 32.9 Å². The summed E-state index contributed by atoms with van der Waals surface area (Å²) in [7, 11) is 1.25. The van der Waals surface area contributed by atoms with Crippen LogP contribution in [0, 0.1) is 12.7 Å². The predicted molar refractivity (Wildman–Crippen MR) is 95.0 cm³/mol. The Morgan fingerprint density at radius 3 is 2.75 bits per heavy atom. The Morgan fingerprint density at radius 1 is 1.33 bits per heavy atom. The minimum Gasteiger partial charge on any atom is -0.488 e. The number of carbonyl (C=O) groups excluding carboxylic acids is 1. The fourth-order valence-corrected chi connectivity index (χ4v) is 2.83. The number of ether oxygens (including phenoxy) is 2. The fourth-order valence-electron chi connectivity index (χ4n) is 2.32. The molecule has 6 heteroatoms. The molecule has 0 heterocycles. The number of carbonyl (C=O) groups is 1. The molecule has 0 fully saturated rings. The van der Waals surface area contributed by atoms with Crippen LogP contribution in [0.5, 0.6) is 5.75 Å². The van der Waals surface area contributed by atoms with Crippen LogP contribution >= 0.6 is 15.9 Å². The summed E-state index contributed by atoms with van der Waals surface area (Å²) >= 11 is 3.48. The molecule has 2 aromatic carbocycles. The van der Waals surface area contributed by atoms with E-state index in [1.165, 1.54) is 24.8 Å². The summed E-state index contributed by atoms with van der Waals surface area (Å²) in [6.07, 6.45) is 0.261. The first-order chi connectivity index (χ1) is 11.5. The van der Waals surface area contributed by atoms with Crippen molar-refractivity contribution in [1.29, 1.82) is 0 Å². The average molecular weight is 396 g/mol. The van der Waals surface area contributed by atoms with E-state index in [1.54, 1.807) is 6.07 Å². The van der Waals surface area contributed by atoms with Crippen LogP contribution in [0.3, 0.4) is 0 Å². The normalized spacial score (nSPS) is 10.4. The summed E-state index contributed by atoms with van der Waals surface area (Å²) in [5.74, 6) is 0.166. The molecule has 1 amide bonds. The lowest BCUT2D eigenvalue weighted by Crippen LogP contribution is -2.14. The molecule has 0 saturated carbocycles. The van der Waals surface area contributed by atoms with Crippen LogP contribution in [-0.2, 0) is 17.8 Å². The van der Waals surface area contributed by atoms with Gasteiger partial charge in [-0.25, -0.2) is 9.18 Å². The van der Waals surface area contributed by atoms with E-state index >= 15 is 0 Å². The number of hydrogen-bond donors (Lipinski definition) is 1. The zero-order valence-electron chi connectivity index (χ0n) is 13.8. The summed E-state index contributed by atoms with van der Waals surface area (Å²) in [5, 5.41) is 2.49. The maximum Gasteiger partial charge on any atom is 0.411 e. The number of hydrogen-bond acceptors (Lipinski definition) is 3. The van der Waals surface area contributed by atoms with E-state index < -0.39 is 11.9 Å². The molecule has 0 saturated heterocycles. The van der Waals surface area contributed by atoms with Crippen molar-refractivity contribution in [1.82, 2.24) is 0 Å². The van der Waals surface area contributed by atoms with Gasteiger partial charge in [0.1, 0.15) is 18.2 Å². The summed E-state index contributed by atoms with van der Waals surface area (Å²) in [4.78, 5) is 11.4. The van der Waals surface area contributed by atoms with Gasteiger partial charge in [-0.05, 0) is 64.7 Å². The zero-order valence-corrected chi connectivity index (χ0v) is 15.4. The average Bonchev–Trinajstić information content (AvgIpc) is 2.56. The molecule has 1 N–H and O–H groups in total. The lowest BCUT2D eigenvalue weighted by molar-refractivity contribution is 0.187. The number of anilines is 1. The molecule has 0 aliphatic rings. The zero-order chi connectivity index (χ0) is 17.7. The van der Waals surface area contributed by atoms with Crippen LogP contribution in [0.1, 0.15) is 23.6 Å². The molecule has 0 aliphatic carbocycles. The second kappa shape index (κ2) is 8.15. The SMILES string of the molecule is CCc1cc(Br)c(OCc2c(F)cccc2NC(=O)OC)cc1C. The predicted octanol–water partition coefficient (Wildman–Crippen LogP) is 5.22. The Balaban J connectivity index is 2.23. The second-order valence-electron chi connectivity index (χ2n) is 5.23. The van der Waals surface area contributed by atoms with Crippen molar-refractivity contribution in [2.24, 2.45) is 0 Å². The Morgan fingerprint density at radius 2 is 2.08 bits per heavy atom. The van der Waals surface area contributed by atoms with Crippen LogP contribution in [-0.4, -0.2) is 13.2 Å². The molecule has 0 aliphatic heterocycles. The minimum atomic E-state index is -0.661. The second-order valence-corrected chi connectivity index (χ2v) is 6.09. The van der Waals surface area contributed by atoms with Gasteiger partial charge in [-0.3, -0.25) is 5.32 Å². The molecule has 2 rings (SSSR count). The lowest BCUT2D eigenvalue weighted by atomic mass is 10.1. The van der Waals surface area contributed by atoms with Gasteiger partial charge in [-0.15, -0.1) is 0 Å². The van der Waals surface area contributed by atoms with Crippen LogP contribution in [0.25, 0.3) is 0 Å². The molecule has 0 radical (unpaired) electrons. The van der Waals surface area contributed by atoms with Crippen LogP contribution in [0.4, 0.5) is 14.9 Å². The Labute approximate surface area is 149 Å². The van der Waals surface area contributed by atoms with Gasteiger partial charge in [0.25, 0.3) is 0 Å². The fraction of sp³-hybridized carbons (Fsp3) is 0.278. The van der Waals surface area contributed by atoms with E-state index in [0.717, 1.165) is 16.5 Å². The van der Waals surface area contributed by atoms with Gasteiger partial charge < -0.3 is 9.47 Å². The number of amides is 1. The van der Waals surface area contributed by atoms with Crippen molar-refractivity contribution in [2.45, 2.75) is 26.9 Å². The standard InChI is InChI=1S/C18H19BrFNO3/c1-4-12-9-14(19)17(8-11(12)2)24-10-13-15(20)6-5-7-16(13)21-18(22)23-3/h5-9H,4,10H2,1-3H3,(H,21,22). The first-order valence-electron chi connectivity index (χ1n) is 7.50. The van der Waals surface area contributed by atoms with E-state index in [0.29, 0.717) is 11.4 Å². The summed E-state index contributed by atoms with van der Waals surface area (Å²) in [6.45, 7) is 4.07. The molecular formula is C18H19BrFNO3. The largest absolute Gasteiger partial charge is 0.488 e. The number of halogens is 2. The smallest absolute Gasteiger partial charge is 0.411 e. The highest BCUT2D eigenvalue weighted by Gasteiger charge is 2.13. The van der Waals surface area contributed by atoms with Crippen molar-refractivity contribution in [3.63, 3.8) is 0 Å². The van der Waals surface area contributed by atoms with E-state index in [9.17, 15) is 9.18 Å². The van der Waals surface area contributed by atoms with Crippen molar-refractivity contribution < 1.29 is 18.7 Å². The van der Waals surface area contributed by atoms with Crippen LogP contribution < -0.4 is 10.1 Å². The Kier molecular flexibility index (Phi) is 6.20. The van der Waals surface area contributed by atoms with Gasteiger partial charge in [0.2, 0.25) is 0 Å². The molecule has 24 heavy (non-hydrogen) atoms. The van der Waals surface area contributed by atoms with Crippen molar-refractivity contribution in [3.05, 3.63) is 57.3 Å². The van der Waals surface area contributed by atoms with Gasteiger partial charge in [0.15, 0.2) is 0 Å². The van der Waals surface area contributed by atoms with E-state index in [1.807, 2.05) is 19.1 Å². The van der Waals surface area contributed by atoms with Gasteiger partial charge in [-0.1, -0.05) is 13.0 Å². The first-order valence-corrected chi connectivity index (χ1v) is 8.29. The molecule has 0 bridgehead atoms. The maximum atomic E-state index is 14.1. The molecule has 0 unspecified atom stereocenters. The highest BCUT2D eigenvalue weighted by Crippen LogP contribution is 2.30. The molecule has 128 valence electrons. The molecular weight excluding hydrogens is 377 g/mol. The number of aryl methyl sites for hydroxylation is 2. The summed E-state index contributed by atoms with van der Waals surface area (Å²) in [5.41, 5.74) is 2.90. The van der Waals surface area contributed by atoms with Crippen LogP contribution in [0.2, 0.25) is 0 Å². The van der Waals surface area contributed by atoms with Gasteiger partial charge >= 0.3 is 6.09 Å². The Hall–Kier alpha value is -2.08. The maximum absolute atomic E-state index is 14.1. The van der Waals surface area contributed by atoms with Gasteiger partial charge in [0, 0.05) is 5.56 Å². The third-order valence-corrected chi connectivity index (χ3v) is 4.30. The number of methoxy groups -OCH3 is 1. The molecule has 4 nitrogen and oxygen atoms in total. The Bertz CT molecular complexity index is 749. The third kappa shape index (κ3) is 4.26. The van der Waals surface area contributed by atoms with Gasteiger partial charge in [-0.2, -0.15) is 0 Å². The van der Waals surface area contributed by atoms with Crippen molar-refractivity contribution in [2.75, 3.05) is 12.4 Å². The van der Waals surface area contributed by atoms with Gasteiger partial charge in [0.05, 0.1) is 17.3 Å². The monoisotopic (exact) mass is 395 g/mol. The van der Waals surface area contributed by atoms with E-state index in [4.69, 9.17) is 4.74 Å². The van der Waals surface area contributed by atoms with Crippen molar-refractivity contribution >= 4 is 27.7 Å². The third-order valence-electron chi connectivity index (χ3n) is 3.68. The van der Waals surface area contributed by atoms with E-state index in [-0.39, 0.29) is 12.2 Å². The quantitative estimate of drug-likeness (QED) is 0.754. The molecule has 0 spiro atoms. The number of benzene rings is 2. The van der Waals surface area contributed by atoms with Crippen LogP contribution in [0.15, 0.2) is 34.8 Å². The highest BCUT2D eigenvalue weighted by molar-refractivity contribution is 9.10. The molecule has 2 aromatic rings. The topological polar surface area (TPSA) is 47.6 Å². The lowest BCUT2D eigenvalue weighted by Gasteiger charge is -2.15. The summed E-state index contributed by atoms with van der Waals surface area (Å²) < 4.78 is 25.2. The molecule has 0 aromatic heterocycles. The summed E-state index contributed by atoms with van der Waals surface area (Å²) in [6, 6.07) is 8.35. The first kappa shape index (κ1) is 18.3. The number of rotatable bonds is 5. The highest BCUT2D eigenvalue weighted by atomic mass is 79.9.